The van der Waals surface area contributed by atoms with Gasteiger partial charge >= 0.3 is 0 Å². The van der Waals surface area contributed by atoms with Crippen LogP contribution in [0.25, 0.3) is 11.1 Å². The van der Waals surface area contributed by atoms with Crippen molar-refractivity contribution in [3.63, 3.8) is 0 Å². The predicted molar refractivity (Wildman–Crippen MR) is 64.1 cm³/mol. The Morgan fingerprint density at radius 2 is 2.35 bits per heavy atom. The molecule has 0 spiro atoms. The van der Waals surface area contributed by atoms with Crippen molar-refractivity contribution in [2.75, 3.05) is 7.05 Å². The van der Waals surface area contributed by atoms with E-state index in [-0.39, 0.29) is 5.91 Å². The maximum absolute atomic E-state index is 11.2. The SMILES string of the molecule is CNNC(=O)CCCc1ccc2ncoc2c1. The lowest BCUT2D eigenvalue weighted by Gasteiger charge is -2.03. The summed E-state index contributed by atoms with van der Waals surface area (Å²) in [5, 5.41) is 0. The zero-order valence-electron chi connectivity index (χ0n) is 9.69. The Kier molecular flexibility index (Phi) is 3.72. The normalized spacial score (nSPS) is 10.6. The second-order valence-corrected chi connectivity index (χ2v) is 3.81. The van der Waals surface area contributed by atoms with Crippen LogP contribution < -0.4 is 10.9 Å². The van der Waals surface area contributed by atoms with Crippen molar-refractivity contribution in [2.45, 2.75) is 19.3 Å². The van der Waals surface area contributed by atoms with Crippen molar-refractivity contribution < 1.29 is 9.21 Å². The van der Waals surface area contributed by atoms with E-state index in [0.717, 1.165) is 29.5 Å². The number of benzene rings is 1. The van der Waals surface area contributed by atoms with Gasteiger partial charge in [0.25, 0.3) is 0 Å². The highest BCUT2D eigenvalue weighted by Gasteiger charge is 2.02. The van der Waals surface area contributed by atoms with Crippen molar-refractivity contribution in [1.29, 1.82) is 0 Å². The van der Waals surface area contributed by atoms with E-state index in [9.17, 15) is 4.79 Å². The fraction of sp³-hybridized carbons (Fsp3) is 0.333. The number of rotatable bonds is 5. The summed E-state index contributed by atoms with van der Waals surface area (Å²) >= 11 is 0. The minimum Gasteiger partial charge on any atom is -0.443 e. The van der Waals surface area contributed by atoms with Crippen molar-refractivity contribution in [3.8, 4) is 0 Å². The first kappa shape index (κ1) is 11.6. The fourth-order valence-corrected chi connectivity index (χ4v) is 1.71. The Morgan fingerprint density at radius 1 is 1.47 bits per heavy atom. The summed E-state index contributed by atoms with van der Waals surface area (Å²) in [6.45, 7) is 0. The number of hydrogen-bond acceptors (Lipinski definition) is 4. The van der Waals surface area contributed by atoms with Crippen molar-refractivity contribution in [1.82, 2.24) is 15.8 Å². The average Bonchev–Trinajstić information content (AvgIpc) is 2.76. The van der Waals surface area contributed by atoms with Gasteiger partial charge in [-0.25, -0.2) is 10.4 Å². The Balaban J connectivity index is 1.88. The van der Waals surface area contributed by atoms with Crippen molar-refractivity contribution in [3.05, 3.63) is 30.2 Å². The zero-order chi connectivity index (χ0) is 12.1. The molecule has 5 heteroatoms. The number of amides is 1. The first-order valence-corrected chi connectivity index (χ1v) is 5.57. The third-order valence-electron chi connectivity index (χ3n) is 2.53. The van der Waals surface area contributed by atoms with Gasteiger partial charge in [0.1, 0.15) is 5.52 Å². The average molecular weight is 233 g/mol. The molecule has 0 aliphatic carbocycles. The molecule has 17 heavy (non-hydrogen) atoms. The molecule has 1 amide bonds. The van der Waals surface area contributed by atoms with Gasteiger partial charge in [0.05, 0.1) is 0 Å². The van der Waals surface area contributed by atoms with Crippen LogP contribution in [0.3, 0.4) is 0 Å². The van der Waals surface area contributed by atoms with Gasteiger partial charge in [-0.3, -0.25) is 10.2 Å². The van der Waals surface area contributed by atoms with Gasteiger partial charge in [-0.05, 0) is 30.5 Å². The molecular weight excluding hydrogens is 218 g/mol. The summed E-state index contributed by atoms with van der Waals surface area (Å²) < 4.78 is 5.22. The molecule has 0 aliphatic heterocycles. The maximum Gasteiger partial charge on any atom is 0.234 e. The van der Waals surface area contributed by atoms with Crippen LogP contribution in [0.1, 0.15) is 18.4 Å². The molecule has 2 rings (SSSR count). The second-order valence-electron chi connectivity index (χ2n) is 3.81. The number of hydrazine groups is 1. The summed E-state index contributed by atoms with van der Waals surface area (Å²) in [5.41, 5.74) is 7.97. The number of fused-ring (bicyclic) bond motifs is 1. The van der Waals surface area contributed by atoms with E-state index in [4.69, 9.17) is 4.42 Å². The van der Waals surface area contributed by atoms with Crippen molar-refractivity contribution >= 4 is 17.0 Å². The van der Waals surface area contributed by atoms with Gasteiger partial charge in [0.15, 0.2) is 12.0 Å². The van der Waals surface area contributed by atoms with Gasteiger partial charge in [0.2, 0.25) is 5.91 Å². The number of nitrogens with zero attached hydrogens (tertiary/aromatic N) is 1. The number of nitrogens with one attached hydrogen (secondary N) is 2. The molecule has 1 aromatic carbocycles. The highest BCUT2D eigenvalue weighted by Crippen LogP contribution is 2.15. The van der Waals surface area contributed by atoms with E-state index >= 15 is 0 Å². The Morgan fingerprint density at radius 3 is 3.18 bits per heavy atom. The Bertz CT molecular complexity index is 507. The van der Waals surface area contributed by atoms with E-state index in [1.165, 1.54) is 6.39 Å². The van der Waals surface area contributed by atoms with E-state index in [0.29, 0.717) is 6.42 Å². The number of carbonyl (C=O) groups is 1. The minimum atomic E-state index is 0.00763. The largest absolute Gasteiger partial charge is 0.443 e. The molecule has 1 heterocycles. The number of hydrogen-bond donors (Lipinski definition) is 2. The number of carbonyl (C=O) groups excluding carboxylic acids is 1. The van der Waals surface area contributed by atoms with Crippen LogP contribution in [0.4, 0.5) is 0 Å². The van der Waals surface area contributed by atoms with Gasteiger partial charge in [0, 0.05) is 13.5 Å². The number of aryl methyl sites for hydroxylation is 1. The summed E-state index contributed by atoms with van der Waals surface area (Å²) in [6.07, 6.45) is 3.62. The molecule has 1 aromatic heterocycles. The minimum absolute atomic E-state index is 0.00763. The Labute approximate surface area is 99.2 Å². The predicted octanol–water partition coefficient (Wildman–Crippen LogP) is 1.40. The molecule has 0 fully saturated rings. The van der Waals surface area contributed by atoms with Crippen LogP contribution in [0.2, 0.25) is 0 Å². The molecule has 0 atom stereocenters. The second kappa shape index (κ2) is 5.45. The topological polar surface area (TPSA) is 67.2 Å². The summed E-state index contributed by atoms with van der Waals surface area (Å²) in [4.78, 5) is 15.3. The van der Waals surface area contributed by atoms with E-state index in [1.54, 1.807) is 7.05 Å². The molecular formula is C12H15N3O2. The summed E-state index contributed by atoms with van der Waals surface area (Å²) in [5.74, 6) is 0.00763. The van der Waals surface area contributed by atoms with Gasteiger partial charge in [-0.15, -0.1) is 0 Å². The first-order chi connectivity index (χ1) is 8.29. The monoisotopic (exact) mass is 233 g/mol. The lowest BCUT2D eigenvalue weighted by molar-refractivity contribution is -0.122. The fourth-order valence-electron chi connectivity index (χ4n) is 1.71. The van der Waals surface area contributed by atoms with Crippen LogP contribution in [0.15, 0.2) is 29.0 Å². The molecule has 0 bridgehead atoms. The smallest absolute Gasteiger partial charge is 0.234 e. The van der Waals surface area contributed by atoms with Crippen LogP contribution >= 0.6 is 0 Å². The quantitative estimate of drug-likeness (QED) is 0.766. The van der Waals surface area contributed by atoms with Gasteiger partial charge < -0.3 is 4.42 Å². The van der Waals surface area contributed by atoms with Crippen LogP contribution in [0, 0.1) is 0 Å². The van der Waals surface area contributed by atoms with E-state index < -0.39 is 0 Å². The number of oxazole rings is 1. The molecule has 0 radical (unpaired) electrons. The van der Waals surface area contributed by atoms with E-state index in [1.807, 2.05) is 18.2 Å². The van der Waals surface area contributed by atoms with Crippen LogP contribution in [0.5, 0.6) is 0 Å². The molecule has 90 valence electrons. The molecule has 0 unspecified atom stereocenters. The van der Waals surface area contributed by atoms with Gasteiger partial charge in [-0.1, -0.05) is 6.07 Å². The summed E-state index contributed by atoms with van der Waals surface area (Å²) in [7, 11) is 1.68. The third-order valence-corrected chi connectivity index (χ3v) is 2.53. The van der Waals surface area contributed by atoms with Crippen LogP contribution in [-0.2, 0) is 11.2 Å². The van der Waals surface area contributed by atoms with Crippen molar-refractivity contribution in [2.24, 2.45) is 0 Å². The molecule has 2 N–H and O–H groups in total. The summed E-state index contributed by atoms with van der Waals surface area (Å²) in [6, 6.07) is 5.92. The first-order valence-electron chi connectivity index (χ1n) is 5.57. The highest BCUT2D eigenvalue weighted by atomic mass is 16.3. The molecule has 2 aromatic rings. The van der Waals surface area contributed by atoms with Crippen LogP contribution in [-0.4, -0.2) is 17.9 Å². The standard InChI is InChI=1S/C12H15N3O2/c1-13-15-12(16)4-2-3-9-5-6-10-11(7-9)17-8-14-10/h5-8,13H,2-4H2,1H3,(H,15,16). The zero-order valence-corrected chi connectivity index (χ0v) is 9.69. The molecule has 0 saturated carbocycles. The highest BCUT2D eigenvalue weighted by molar-refractivity contribution is 5.75. The molecule has 0 aliphatic rings. The molecule has 0 saturated heterocycles. The van der Waals surface area contributed by atoms with Gasteiger partial charge in [-0.2, -0.15) is 0 Å². The van der Waals surface area contributed by atoms with E-state index in [2.05, 4.69) is 15.8 Å². The molecule has 5 nitrogen and oxygen atoms in total. The lowest BCUT2D eigenvalue weighted by Crippen LogP contribution is -2.33. The third kappa shape index (κ3) is 3.04. The lowest BCUT2D eigenvalue weighted by atomic mass is 10.1. The maximum atomic E-state index is 11.2. The number of aromatic nitrogens is 1. The Hall–Kier alpha value is -1.88.